The van der Waals surface area contributed by atoms with Crippen LogP contribution in [0.25, 0.3) is 27.7 Å². The lowest BCUT2D eigenvalue weighted by atomic mass is 10.1. The van der Waals surface area contributed by atoms with Gasteiger partial charge in [-0.25, -0.2) is 13.4 Å². The second kappa shape index (κ2) is 8.36. The maximum Gasteiger partial charge on any atom is 0.235 e. The van der Waals surface area contributed by atoms with Crippen molar-refractivity contribution in [3.8, 4) is 11.1 Å². The van der Waals surface area contributed by atoms with Gasteiger partial charge in [0.15, 0.2) is 0 Å². The number of benzene rings is 1. The maximum atomic E-state index is 12.1. The third kappa shape index (κ3) is 4.57. The van der Waals surface area contributed by atoms with E-state index in [4.69, 9.17) is 5.41 Å². The van der Waals surface area contributed by atoms with Crippen molar-refractivity contribution in [3.63, 3.8) is 0 Å². The lowest BCUT2D eigenvalue weighted by Gasteiger charge is -2.11. The van der Waals surface area contributed by atoms with E-state index in [1.165, 1.54) is 12.4 Å². The monoisotopic (exact) mass is 410 g/mol. The van der Waals surface area contributed by atoms with Gasteiger partial charge in [0.05, 0.1) is 40.1 Å². The van der Waals surface area contributed by atoms with Gasteiger partial charge in [-0.15, -0.1) is 0 Å². The lowest BCUT2D eigenvalue weighted by Crippen LogP contribution is -2.22. The number of pyridine rings is 1. The van der Waals surface area contributed by atoms with Crippen molar-refractivity contribution in [3.05, 3.63) is 54.7 Å². The molecular weight excluding hydrogens is 388 g/mol. The Morgan fingerprint density at radius 3 is 2.59 bits per heavy atom. The predicted octanol–water partition coefficient (Wildman–Crippen LogP) is 3.05. The molecule has 0 unspecified atom stereocenters. The standard InChI is InChI=1S/C20H22N6O2S/c1-13(2)29(27,28)26-17-6-15(10-23-11-17)14-4-5-18-19(7-14)25-20(12-24-18)16(8-21)9-22-3/h4-13,21-22,26H,1-3H3/b16-9+,21-8?. The summed E-state index contributed by atoms with van der Waals surface area (Å²) >= 11 is 0. The summed E-state index contributed by atoms with van der Waals surface area (Å²) in [6.07, 6.45) is 7.65. The van der Waals surface area contributed by atoms with Gasteiger partial charge in [-0.05, 0) is 37.6 Å². The number of fused-ring (bicyclic) bond motifs is 1. The first-order valence-electron chi connectivity index (χ1n) is 8.96. The molecule has 0 atom stereocenters. The molecule has 0 saturated carbocycles. The average Bonchev–Trinajstić information content (AvgIpc) is 2.71. The summed E-state index contributed by atoms with van der Waals surface area (Å²) in [6.45, 7) is 3.23. The van der Waals surface area contributed by atoms with Crippen LogP contribution in [-0.2, 0) is 10.0 Å². The normalized spacial score (nSPS) is 12.2. The summed E-state index contributed by atoms with van der Waals surface area (Å²) < 4.78 is 26.8. The van der Waals surface area contributed by atoms with Gasteiger partial charge in [0.1, 0.15) is 0 Å². The minimum atomic E-state index is -3.45. The number of rotatable bonds is 7. The zero-order valence-electron chi connectivity index (χ0n) is 16.3. The Morgan fingerprint density at radius 2 is 1.90 bits per heavy atom. The van der Waals surface area contributed by atoms with E-state index in [0.29, 0.717) is 22.5 Å². The van der Waals surface area contributed by atoms with Crippen LogP contribution in [0.5, 0.6) is 0 Å². The predicted molar refractivity (Wildman–Crippen MR) is 116 cm³/mol. The summed E-state index contributed by atoms with van der Waals surface area (Å²) in [5.74, 6) is 0. The van der Waals surface area contributed by atoms with E-state index in [9.17, 15) is 8.42 Å². The minimum Gasteiger partial charge on any atom is -0.393 e. The molecule has 3 aromatic rings. The van der Waals surface area contributed by atoms with Gasteiger partial charge in [0.25, 0.3) is 0 Å². The highest BCUT2D eigenvalue weighted by molar-refractivity contribution is 7.93. The molecule has 0 aliphatic carbocycles. The van der Waals surface area contributed by atoms with E-state index < -0.39 is 15.3 Å². The highest BCUT2D eigenvalue weighted by Crippen LogP contribution is 2.25. The average molecular weight is 411 g/mol. The van der Waals surface area contributed by atoms with E-state index >= 15 is 0 Å². The fourth-order valence-corrected chi connectivity index (χ4v) is 3.29. The molecule has 3 rings (SSSR count). The van der Waals surface area contributed by atoms with Gasteiger partial charge < -0.3 is 10.7 Å². The number of hydrogen-bond acceptors (Lipinski definition) is 7. The molecule has 9 heteroatoms. The minimum absolute atomic E-state index is 0.402. The van der Waals surface area contributed by atoms with Crippen molar-refractivity contribution in [1.29, 1.82) is 5.41 Å². The SMILES string of the molecule is CN/C=C(\C=N)c1cnc2ccc(-c3cncc(NS(=O)(=O)C(C)C)c3)cc2n1. The van der Waals surface area contributed by atoms with Gasteiger partial charge >= 0.3 is 0 Å². The molecule has 0 aliphatic heterocycles. The Hall–Kier alpha value is -3.33. The van der Waals surface area contributed by atoms with E-state index in [0.717, 1.165) is 16.6 Å². The molecule has 0 fully saturated rings. The van der Waals surface area contributed by atoms with Crippen molar-refractivity contribution in [1.82, 2.24) is 20.3 Å². The number of nitrogens with one attached hydrogen (secondary N) is 3. The smallest absolute Gasteiger partial charge is 0.235 e. The quantitative estimate of drug-likeness (QED) is 0.515. The summed E-state index contributed by atoms with van der Waals surface area (Å²) in [6, 6.07) is 7.33. The molecule has 0 radical (unpaired) electrons. The maximum absolute atomic E-state index is 12.1. The van der Waals surface area contributed by atoms with Crippen LogP contribution in [0.1, 0.15) is 19.5 Å². The fourth-order valence-electron chi connectivity index (χ4n) is 2.61. The van der Waals surface area contributed by atoms with Crippen molar-refractivity contribution in [2.75, 3.05) is 11.8 Å². The third-order valence-electron chi connectivity index (χ3n) is 4.25. The molecule has 1 aromatic carbocycles. The molecular formula is C20H22N6O2S. The van der Waals surface area contributed by atoms with Gasteiger partial charge in [0, 0.05) is 36.8 Å². The van der Waals surface area contributed by atoms with Crippen LogP contribution in [0.4, 0.5) is 5.69 Å². The van der Waals surface area contributed by atoms with E-state index in [-0.39, 0.29) is 0 Å². The summed E-state index contributed by atoms with van der Waals surface area (Å²) in [5.41, 5.74) is 4.55. The van der Waals surface area contributed by atoms with Crippen molar-refractivity contribution in [2.45, 2.75) is 19.1 Å². The van der Waals surface area contributed by atoms with Crippen LogP contribution in [0.3, 0.4) is 0 Å². The molecule has 0 spiro atoms. The van der Waals surface area contributed by atoms with Crippen molar-refractivity contribution >= 4 is 38.5 Å². The van der Waals surface area contributed by atoms with Crippen LogP contribution in [0, 0.1) is 5.41 Å². The summed E-state index contributed by atoms with van der Waals surface area (Å²) in [4.78, 5) is 13.2. The Bertz CT molecular complexity index is 1190. The number of nitrogens with zero attached hydrogens (tertiary/aromatic N) is 3. The van der Waals surface area contributed by atoms with Crippen molar-refractivity contribution in [2.24, 2.45) is 0 Å². The van der Waals surface area contributed by atoms with Crippen LogP contribution >= 0.6 is 0 Å². The molecule has 0 amide bonds. The van der Waals surface area contributed by atoms with Gasteiger partial charge in [-0.1, -0.05) is 6.07 Å². The van der Waals surface area contributed by atoms with Gasteiger partial charge in [-0.3, -0.25) is 14.7 Å². The number of allylic oxidation sites excluding steroid dienone is 1. The molecule has 2 heterocycles. The second-order valence-corrected chi connectivity index (χ2v) is 8.89. The number of sulfonamides is 1. The molecule has 0 aliphatic rings. The largest absolute Gasteiger partial charge is 0.393 e. The fraction of sp³-hybridized carbons (Fsp3) is 0.200. The molecule has 8 nitrogen and oxygen atoms in total. The first-order chi connectivity index (χ1) is 13.8. The summed E-state index contributed by atoms with van der Waals surface area (Å²) in [7, 11) is -1.70. The van der Waals surface area contributed by atoms with Crippen LogP contribution < -0.4 is 10.0 Å². The van der Waals surface area contributed by atoms with Crippen LogP contribution in [0.15, 0.2) is 49.1 Å². The first-order valence-corrected chi connectivity index (χ1v) is 10.5. The molecule has 0 bridgehead atoms. The number of hydrogen-bond donors (Lipinski definition) is 3. The Labute approximate surface area is 169 Å². The highest BCUT2D eigenvalue weighted by Gasteiger charge is 2.16. The summed E-state index contributed by atoms with van der Waals surface area (Å²) in [5, 5.41) is 9.89. The zero-order chi connectivity index (χ0) is 21.0. The van der Waals surface area contributed by atoms with Gasteiger partial charge in [-0.2, -0.15) is 0 Å². The molecule has 3 N–H and O–H groups in total. The van der Waals surface area contributed by atoms with E-state index in [1.54, 1.807) is 45.6 Å². The van der Waals surface area contributed by atoms with Crippen LogP contribution in [-0.4, -0.2) is 41.9 Å². The third-order valence-corrected chi connectivity index (χ3v) is 6.01. The number of aromatic nitrogens is 3. The van der Waals surface area contributed by atoms with Crippen LogP contribution in [0.2, 0.25) is 0 Å². The number of anilines is 1. The Balaban J connectivity index is 2.01. The molecule has 2 aromatic heterocycles. The van der Waals surface area contributed by atoms with E-state index in [2.05, 4.69) is 25.0 Å². The first kappa shape index (κ1) is 20.4. The Morgan fingerprint density at radius 1 is 1.10 bits per heavy atom. The highest BCUT2D eigenvalue weighted by atomic mass is 32.2. The van der Waals surface area contributed by atoms with Crippen molar-refractivity contribution < 1.29 is 8.42 Å². The lowest BCUT2D eigenvalue weighted by molar-refractivity contribution is 0.593. The van der Waals surface area contributed by atoms with Gasteiger partial charge in [0.2, 0.25) is 10.0 Å². The molecule has 150 valence electrons. The molecule has 0 saturated heterocycles. The molecule has 29 heavy (non-hydrogen) atoms. The Kier molecular flexibility index (Phi) is 5.88. The second-order valence-electron chi connectivity index (χ2n) is 6.65. The zero-order valence-corrected chi connectivity index (χ0v) is 17.2. The van der Waals surface area contributed by atoms with E-state index in [1.807, 2.05) is 18.2 Å². The topological polar surface area (TPSA) is 121 Å².